The highest BCUT2D eigenvalue weighted by Gasteiger charge is 2.30. The third kappa shape index (κ3) is 3.22. The first-order chi connectivity index (χ1) is 7.33. The summed E-state index contributed by atoms with van der Waals surface area (Å²) in [6, 6.07) is 3.30. The molecule has 0 saturated carbocycles. The zero-order valence-corrected chi connectivity index (χ0v) is 8.38. The van der Waals surface area contributed by atoms with Gasteiger partial charge in [0.1, 0.15) is 18.6 Å². The predicted octanol–water partition coefficient (Wildman–Crippen LogP) is 2.64. The average molecular weight is 235 g/mol. The number of alkyl halides is 3. The van der Waals surface area contributed by atoms with E-state index < -0.39 is 18.5 Å². The lowest BCUT2D eigenvalue weighted by Crippen LogP contribution is -2.31. The van der Waals surface area contributed by atoms with Crippen LogP contribution >= 0.6 is 0 Å². The standard InChI is InChI=1S/C10H9F4NO/c1-15(6-10(12,13)14)9-3-2-7(5-16)4-8(9)11/h2-5H,6H2,1H3. The number of carbonyl (C=O) groups is 1. The summed E-state index contributed by atoms with van der Waals surface area (Å²) >= 11 is 0. The van der Waals surface area contributed by atoms with Crippen molar-refractivity contribution >= 4 is 12.0 Å². The molecule has 0 fully saturated rings. The van der Waals surface area contributed by atoms with Crippen molar-refractivity contribution in [1.82, 2.24) is 0 Å². The molecule has 0 bridgehead atoms. The van der Waals surface area contributed by atoms with E-state index in [2.05, 4.69) is 0 Å². The number of carbonyl (C=O) groups excluding carboxylic acids is 1. The van der Waals surface area contributed by atoms with Gasteiger partial charge in [0.15, 0.2) is 0 Å². The lowest BCUT2D eigenvalue weighted by molar-refractivity contribution is -0.119. The van der Waals surface area contributed by atoms with Gasteiger partial charge in [-0.1, -0.05) is 0 Å². The van der Waals surface area contributed by atoms with Gasteiger partial charge < -0.3 is 4.90 Å². The van der Waals surface area contributed by atoms with Crippen molar-refractivity contribution in [2.75, 3.05) is 18.5 Å². The van der Waals surface area contributed by atoms with Crippen molar-refractivity contribution in [2.45, 2.75) is 6.18 Å². The Hall–Kier alpha value is -1.59. The van der Waals surface area contributed by atoms with Crippen LogP contribution in [-0.4, -0.2) is 26.1 Å². The topological polar surface area (TPSA) is 20.3 Å². The summed E-state index contributed by atoms with van der Waals surface area (Å²) < 4.78 is 49.4. The van der Waals surface area contributed by atoms with Gasteiger partial charge in [0.2, 0.25) is 0 Å². The van der Waals surface area contributed by atoms with Crippen molar-refractivity contribution in [1.29, 1.82) is 0 Å². The predicted molar refractivity (Wildman–Crippen MR) is 51.1 cm³/mol. The zero-order chi connectivity index (χ0) is 12.3. The van der Waals surface area contributed by atoms with Crippen LogP contribution in [0.2, 0.25) is 0 Å². The van der Waals surface area contributed by atoms with Gasteiger partial charge in [-0.2, -0.15) is 13.2 Å². The molecule has 0 aromatic heterocycles. The number of rotatable bonds is 3. The summed E-state index contributed by atoms with van der Waals surface area (Å²) in [5.41, 5.74) is -0.107. The molecule has 1 rings (SSSR count). The Balaban J connectivity index is 2.92. The number of hydrogen-bond acceptors (Lipinski definition) is 2. The molecule has 0 spiro atoms. The molecule has 6 heteroatoms. The van der Waals surface area contributed by atoms with E-state index in [-0.39, 0.29) is 11.3 Å². The Morgan fingerprint density at radius 3 is 2.44 bits per heavy atom. The van der Waals surface area contributed by atoms with Gasteiger partial charge in [-0.25, -0.2) is 4.39 Å². The van der Waals surface area contributed by atoms with Gasteiger partial charge in [-0.05, 0) is 18.2 Å². The highest BCUT2D eigenvalue weighted by atomic mass is 19.4. The van der Waals surface area contributed by atoms with E-state index in [0.717, 1.165) is 24.1 Å². The van der Waals surface area contributed by atoms with E-state index in [1.165, 1.54) is 6.07 Å². The molecular formula is C10H9F4NO. The van der Waals surface area contributed by atoms with Gasteiger partial charge in [-0.15, -0.1) is 0 Å². The minimum Gasteiger partial charge on any atom is -0.363 e. The van der Waals surface area contributed by atoms with Crippen LogP contribution in [0.1, 0.15) is 10.4 Å². The zero-order valence-electron chi connectivity index (χ0n) is 8.38. The van der Waals surface area contributed by atoms with E-state index >= 15 is 0 Å². The summed E-state index contributed by atoms with van der Waals surface area (Å²) in [6.45, 7) is -1.25. The first-order valence-electron chi connectivity index (χ1n) is 4.36. The highest BCUT2D eigenvalue weighted by Crippen LogP contribution is 2.23. The van der Waals surface area contributed by atoms with Crippen LogP contribution in [0.4, 0.5) is 23.2 Å². The normalized spacial score (nSPS) is 11.3. The van der Waals surface area contributed by atoms with Crippen molar-refractivity contribution < 1.29 is 22.4 Å². The third-order valence-corrected chi connectivity index (χ3v) is 1.94. The van der Waals surface area contributed by atoms with Gasteiger partial charge in [0, 0.05) is 12.6 Å². The van der Waals surface area contributed by atoms with Crippen LogP contribution in [0.25, 0.3) is 0 Å². The second-order valence-electron chi connectivity index (χ2n) is 3.30. The van der Waals surface area contributed by atoms with E-state index in [1.54, 1.807) is 0 Å². The highest BCUT2D eigenvalue weighted by molar-refractivity contribution is 5.75. The molecule has 0 aliphatic heterocycles. The van der Waals surface area contributed by atoms with Gasteiger partial charge in [0.05, 0.1) is 5.69 Å². The Bertz CT molecular complexity index is 389. The van der Waals surface area contributed by atoms with Gasteiger partial charge >= 0.3 is 6.18 Å². The molecule has 1 aromatic rings. The number of nitrogens with zero attached hydrogens (tertiary/aromatic N) is 1. The molecule has 0 atom stereocenters. The van der Waals surface area contributed by atoms with E-state index in [0.29, 0.717) is 6.29 Å². The minimum absolute atomic E-state index is 0.0849. The number of halogens is 4. The smallest absolute Gasteiger partial charge is 0.363 e. The number of benzene rings is 1. The quantitative estimate of drug-likeness (QED) is 0.593. The van der Waals surface area contributed by atoms with Crippen LogP contribution in [0.5, 0.6) is 0 Å². The molecule has 16 heavy (non-hydrogen) atoms. The second-order valence-corrected chi connectivity index (χ2v) is 3.30. The maximum absolute atomic E-state index is 13.3. The molecule has 0 unspecified atom stereocenters. The lowest BCUT2D eigenvalue weighted by Gasteiger charge is -2.21. The summed E-state index contributed by atoms with van der Waals surface area (Å²) in [6.07, 6.45) is -3.97. The largest absolute Gasteiger partial charge is 0.405 e. The van der Waals surface area contributed by atoms with Gasteiger partial charge in [-0.3, -0.25) is 4.79 Å². The molecule has 0 amide bonds. The Morgan fingerprint density at radius 1 is 1.38 bits per heavy atom. The number of anilines is 1. The molecule has 0 N–H and O–H groups in total. The summed E-state index contributed by atoms with van der Waals surface area (Å²) in [4.78, 5) is 11.0. The maximum atomic E-state index is 13.3. The fourth-order valence-corrected chi connectivity index (χ4v) is 1.26. The summed E-state index contributed by atoms with van der Waals surface area (Å²) in [7, 11) is 1.13. The lowest BCUT2D eigenvalue weighted by atomic mass is 10.2. The first kappa shape index (κ1) is 12.5. The van der Waals surface area contributed by atoms with Crippen LogP contribution in [0, 0.1) is 5.82 Å². The van der Waals surface area contributed by atoms with Gasteiger partial charge in [0.25, 0.3) is 0 Å². The van der Waals surface area contributed by atoms with Crippen molar-refractivity contribution in [3.05, 3.63) is 29.6 Å². The van der Waals surface area contributed by atoms with Crippen LogP contribution < -0.4 is 4.90 Å². The second kappa shape index (κ2) is 4.51. The van der Waals surface area contributed by atoms with Crippen LogP contribution in [0.3, 0.4) is 0 Å². The average Bonchev–Trinajstić information content (AvgIpc) is 2.14. The van der Waals surface area contributed by atoms with Crippen LogP contribution in [-0.2, 0) is 0 Å². The fourth-order valence-electron chi connectivity index (χ4n) is 1.26. The number of aldehydes is 1. The molecule has 2 nitrogen and oxygen atoms in total. The fraction of sp³-hybridized carbons (Fsp3) is 0.300. The van der Waals surface area contributed by atoms with E-state index in [4.69, 9.17) is 0 Å². The molecule has 0 radical (unpaired) electrons. The molecule has 0 aliphatic carbocycles. The van der Waals surface area contributed by atoms with E-state index in [9.17, 15) is 22.4 Å². The Morgan fingerprint density at radius 2 is 2.00 bits per heavy atom. The number of hydrogen-bond donors (Lipinski definition) is 0. The molecule has 0 aliphatic rings. The molecular weight excluding hydrogens is 226 g/mol. The van der Waals surface area contributed by atoms with Crippen molar-refractivity contribution in [3.63, 3.8) is 0 Å². The summed E-state index contributed by atoms with van der Waals surface area (Å²) in [5.74, 6) is -0.851. The first-order valence-corrected chi connectivity index (χ1v) is 4.36. The van der Waals surface area contributed by atoms with E-state index in [1.807, 2.05) is 0 Å². The van der Waals surface area contributed by atoms with Crippen molar-refractivity contribution in [3.8, 4) is 0 Å². The van der Waals surface area contributed by atoms with Crippen molar-refractivity contribution in [2.24, 2.45) is 0 Å². The monoisotopic (exact) mass is 235 g/mol. The molecule has 0 saturated heterocycles. The molecule has 0 heterocycles. The Kier molecular flexibility index (Phi) is 3.51. The van der Waals surface area contributed by atoms with Crippen LogP contribution in [0.15, 0.2) is 18.2 Å². The summed E-state index contributed by atoms with van der Waals surface area (Å²) in [5, 5.41) is 0. The molecule has 88 valence electrons. The maximum Gasteiger partial charge on any atom is 0.405 e. The molecule has 1 aromatic carbocycles. The SMILES string of the molecule is CN(CC(F)(F)F)c1ccc(C=O)cc1F. The third-order valence-electron chi connectivity index (χ3n) is 1.94. The minimum atomic E-state index is -4.40. The Labute approximate surface area is 89.5 Å².